The molecule has 0 spiro atoms. The largest absolute Gasteiger partial charge is 0.395 e. The lowest BCUT2D eigenvalue weighted by molar-refractivity contribution is -0.118. The van der Waals surface area contributed by atoms with Crippen LogP contribution in [0.3, 0.4) is 0 Å². The van der Waals surface area contributed by atoms with E-state index in [9.17, 15) is 18.7 Å². The molecule has 1 amide bonds. The fourth-order valence-electron chi connectivity index (χ4n) is 5.03. The summed E-state index contributed by atoms with van der Waals surface area (Å²) < 4.78 is 29.8. The van der Waals surface area contributed by atoms with Gasteiger partial charge in [0.05, 0.1) is 24.5 Å². The van der Waals surface area contributed by atoms with Gasteiger partial charge in [-0.05, 0) is 60.9 Å². The fourth-order valence-corrected chi connectivity index (χ4v) is 5.03. The Bertz CT molecular complexity index is 1230. The summed E-state index contributed by atoms with van der Waals surface area (Å²) in [5.41, 5.74) is 3.22. The third-order valence-electron chi connectivity index (χ3n) is 7.19. The highest BCUT2D eigenvalue weighted by atomic mass is 19.1. The normalized spacial score (nSPS) is 16.6. The van der Waals surface area contributed by atoms with Crippen LogP contribution in [-0.4, -0.2) is 45.3 Å². The Balaban J connectivity index is 1.41. The van der Waals surface area contributed by atoms with Gasteiger partial charge in [-0.2, -0.15) is 0 Å². The summed E-state index contributed by atoms with van der Waals surface area (Å²) in [6, 6.07) is 9.74. The molecule has 38 heavy (non-hydrogen) atoms. The molecule has 0 saturated heterocycles. The van der Waals surface area contributed by atoms with Gasteiger partial charge in [0.1, 0.15) is 18.0 Å². The first kappa shape index (κ1) is 27.9. The molecule has 0 bridgehead atoms. The van der Waals surface area contributed by atoms with Gasteiger partial charge < -0.3 is 25.6 Å². The van der Waals surface area contributed by atoms with Crippen molar-refractivity contribution in [1.82, 2.24) is 20.2 Å². The Hall–Kier alpha value is -3.14. The molecule has 1 aliphatic carbocycles. The highest BCUT2D eigenvalue weighted by Gasteiger charge is 2.27. The van der Waals surface area contributed by atoms with Crippen LogP contribution in [0.25, 0.3) is 5.69 Å². The van der Waals surface area contributed by atoms with E-state index in [0.29, 0.717) is 49.2 Å². The summed E-state index contributed by atoms with van der Waals surface area (Å²) in [7, 11) is 0. The second-order valence-electron chi connectivity index (χ2n) is 9.93. The minimum atomic E-state index is -0.551. The molecule has 7 nitrogen and oxygen atoms in total. The number of aliphatic hydroxyl groups excluding tert-OH is 1. The molecule has 204 valence electrons. The molecule has 0 saturated carbocycles. The van der Waals surface area contributed by atoms with Gasteiger partial charge in [0.25, 0.3) is 0 Å². The van der Waals surface area contributed by atoms with Crippen molar-refractivity contribution < 1.29 is 18.7 Å². The number of amides is 1. The van der Waals surface area contributed by atoms with Crippen LogP contribution in [-0.2, 0) is 24.2 Å². The van der Waals surface area contributed by atoms with Crippen LogP contribution in [0.5, 0.6) is 0 Å². The lowest BCUT2D eigenvalue weighted by atomic mass is 9.87. The van der Waals surface area contributed by atoms with E-state index in [-0.39, 0.29) is 24.6 Å². The lowest BCUT2D eigenvalue weighted by Gasteiger charge is -2.29. The predicted molar refractivity (Wildman–Crippen MR) is 144 cm³/mol. The molecule has 4 rings (SSSR count). The van der Waals surface area contributed by atoms with Gasteiger partial charge in [0.15, 0.2) is 5.82 Å². The number of benzene rings is 2. The molecule has 1 heterocycles. The highest BCUT2D eigenvalue weighted by Crippen LogP contribution is 2.26. The first-order valence-corrected chi connectivity index (χ1v) is 13.4. The van der Waals surface area contributed by atoms with Crippen LogP contribution in [0, 0.1) is 11.6 Å². The van der Waals surface area contributed by atoms with E-state index in [4.69, 9.17) is 0 Å². The summed E-state index contributed by atoms with van der Waals surface area (Å²) in [5, 5.41) is 19.2. The lowest BCUT2D eigenvalue weighted by Crippen LogP contribution is -2.48. The Morgan fingerprint density at radius 2 is 2.05 bits per heavy atom. The van der Waals surface area contributed by atoms with E-state index in [2.05, 4.69) is 20.9 Å². The van der Waals surface area contributed by atoms with E-state index in [1.807, 2.05) is 42.7 Å². The first-order chi connectivity index (χ1) is 18.4. The van der Waals surface area contributed by atoms with Gasteiger partial charge >= 0.3 is 0 Å². The number of hydrogen-bond donors (Lipinski definition) is 4. The van der Waals surface area contributed by atoms with Crippen LogP contribution in [0.15, 0.2) is 48.9 Å². The number of halogens is 2. The van der Waals surface area contributed by atoms with Gasteiger partial charge in [0.2, 0.25) is 5.91 Å². The molecular formula is C29H37F2N5O2. The molecule has 1 aliphatic rings. The molecule has 0 radical (unpaired) electrons. The molecule has 4 N–H and O–H groups in total. The van der Waals surface area contributed by atoms with Crippen LogP contribution < -0.4 is 16.0 Å². The van der Waals surface area contributed by atoms with Crippen molar-refractivity contribution in [3.63, 3.8) is 0 Å². The number of nitrogens with one attached hydrogen (secondary N) is 3. The van der Waals surface area contributed by atoms with E-state index in [0.717, 1.165) is 30.2 Å². The Morgan fingerprint density at radius 1 is 1.24 bits per heavy atom. The topological polar surface area (TPSA) is 91.2 Å². The Morgan fingerprint density at radius 3 is 2.82 bits per heavy atom. The van der Waals surface area contributed by atoms with Crippen LogP contribution in [0.4, 0.5) is 14.6 Å². The molecule has 0 aliphatic heterocycles. The van der Waals surface area contributed by atoms with Gasteiger partial charge in [0, 0.05) is 24.7 Å². The van der Waals surface area contributed by atoms with Crippen LogP contribution in [0.1, 0.15) is 56.2 Å². The summed E-state index contributed by atoms with van der Waals surface area (Å²) >= 11 is 0. The number of nitrogens with zero attached hydrogens (tertiary/aromatic N) is 2. The molecule has 3 aromatic rings. The quantitative estimate of drug-likeness (QED) is 0.284. The van der Waals surface area contributed by atoms with Crippen molar-refractivity contribution in [2.45, 2.75) is 77.0 Å². The average Bonchev–Trinajstić information content (AvgIpc) is 3.37. The number of aliphatic hydroxyl groups is 1. The van der Waals surface area contributed by atoms with Crippen LogP contribution in [0.2, 0.25) is 0 Å². The third-order valence-corrected chi connectivity index (χ3v) is 7.19. The second kappa shape index (κ2) is 13.1. The molecule has 3 atom stereocenters. The summed E-state index contributed by atoms with van der Waals surface area (Å²) in [6.45, 7) is 4.71. The summed E-state index contributed by atoms with van der Waals surface area (Å²) in [4.78, 5) is 17.6. The first-order valence-electron chi connectivity index (χ1n) is 13.4. The number of carbonyl (C=O) groups is 1. The molecule has 0 unspecified atom stereocenters. The third kappa shape index (κ3) is 6.83. The number of hydrogen-bond acceptors (Lipinski definition) is 5. The number of rotatable bonds is 12. The zero-order valence-electron chi connectivity index (χ0n) is 22.0. The zero-order chi connectivity index (χ0) is 27.1. The average molecular weight is 526 g/mol. The molecule has 2 aromatic carbocycles. The van der Waals surface area contributed by atoms with Gasteiger partial charge in [-0.15, -0.1) is 0 Å². The van der Waals surface area contributed by atoms with E-state index in [1.54, 1.807) is 12.5 Å². The molecular weight excluding hydrogens is 488 g/mol. The maximum atomic E-state index is 14.4. The zero-order valence-corrected chi connectivity index (χ0v) is 22.0. The monoisotopic (exact) mass is 525 g/mol. The fraction of sp³-hybridized carbons (Fsp3) is 0.448. The summed E-state index contributed by atoms with van der Waals surface area (Å²) in [5.74, 6) is -0.820. The summed E-state index contributed by atoms with van der Waals surface area (Å²) in [6.07, 6.45) is 7.40. The standard InChI is InChI=1S/C29H37F2N5O2/c1-3-7-26(34-23-11-10-19-12-21(30)13-25(31)24(19)14-23)29(38)35-28-16-36(18-33-28)27-9-6-5-8-20(27)15-32-22(4-2)17-37/h5-6,8-9,12-13,16,18,22-23,26,32,34,37H,3-4,7,10-11,14-15,17H2,1-2H3,(H,35,38)/t22-,23+,26+/m1/s1. The number of aryl methyl sites for hydroxylation is 1. The van der Waals surface area contributed by atoms with Crippen molar-refractivity contribution in [2.75, 3.05) is 11.9 Å². The van der Waals surface area contributed by atoms with Gasteiger partial charge in [-0.3, -0.25) is 4.79 Å². The minimum absolute atomic E-state index is 0.0268. The Labute approximate surface area is 222 Å². The smallest absolute Gasteiger partial charge is 0.242 e. The SMILES string of the molecule is CCC[C@H](N[C@H]1CCc2cc(F)cc(F)c2C1)C(=O)Nc1cn(-c2ccccc2CN[C@H](CC)CO)cn1. The predicted octanol–water partition coefficient (Wildman–Crippen LogP) is 4.27. The maximum Gasteiger partial charge on any atom is 0.242 e. The van der Waals surface area contributed by atoms with Crippen molar-refractivity contribution >= 4 is 11.7 Å². The highest BCUT2D eigenvalue weighted by molar-refractivity contribution is 5.94. The molecule has 9 heteroatoms. The minimum Gasteiger partial charge on any atom is -0.395 e. The van der Waals surface area contributed by atoms with Crippen molar-refractivity contribution in [3.05, 3.63) is 77.2 Å². The Kier molecular flexibility index (Phi) is 9.60. The number of aromatic nitrogens is 2. The number of fused-ring (bicyclic) bond motifs is 1. The van der Waals surface area contributed by atoms with Crippen LogP contribution >= 0.6 is 0 Å². The van der Waals surface area contributed by atoms with Gasteiger partial charge in [-0.1, -0.05) is 38.5 Å². The van der Waals surface area contributed by atoms with E-state index in [1.165, 1.54) is 6.07 Å². The number of para-hydroxylation sites is 1. The number of imidazole rings is 1. The second-order valence-corrected chi connectivity index (χ2v) is 9.93. The number of anilines is 1. The van der Waals surface area contributed by atoms with Crippen molar-refractivity contribution in [3.8, 4) is 5.69 Å². The van der Waals surface area contributed by atoms with E-state index < -0.39 is 17.7 Å². The number of carbonyl (C=O) groups excluding carboxylic acids is 1. The maximum absolute atomic E-state index is 14.4. The van der Waals surface area contributed by atoms with Crippen molar-refractivity contribution in [1.29, 1.82) is 0 Å². The van der Waals surface area contributed by atoms with E-state index >= 15 is 0 Å². The van der Waals surface area contributed by atoms with Gasteiger partial charge in [-0.25, -0.2) is 13.8 Å². The molecule has 1 aromatic heterocycles. The van der Waals surface area contributed by atoms with Crippen molar-refractivity contribution in [2.24, 2.45) is 0 Å². The molecule has 0 fully saturated rings.